The van der Waals surface area contributed by atoms with Crippen LogP contribution in [0.25, 0.3) is 0 Å². The molecule has 1 fully saturated rings. The van der Waals surface area contributed by atoms with Crippen LogP contribution >= 0.6 is 0 Å². The van der Waals surface area contributed by atoms with Gasteiger partial charge in [-0.15, -0.1) is 0 Å². The molecule has 0 spiro atoms. The standard InChI is InChI=1S/C10H23N3O/c1-13(2)6-5-12-10(9-11)3-7-14-8-4-10/h12H,3-9,11H2,1-2H3. The second-order valence-electron chi connectivity index (χ2n) is 4.33. The molecule has 14 heavy (non-hydrogen) atoms. The van der Waals surface area contributed by atoms with Crippen LogP contribution in [0.3, 0.4) is 0 Å². The zero-order valence-corrected chi connectivity index (χ0v) is 9.38. The lowest BCUT2D eigenvalue weighted by Crippen LogP contribution is -2.55. The Morgan fingerprint density at radius 3 is 2.50 bits per heavy atom. The Balaban J connectivity index is 2.29. The molecule has 0 aromatic carbocycles. The average molecular weight is 201 g/mol. The van der Waals surface area contributed by atoms with Gasteiger partial charge in [0.05, 0.1) is 0 Å². The van der Waals surface area contributed by atoms with Crippen LogP contribution in [0.1, 0.15) is 12.8 Å². The molecule has 1 aliphatic heterocycles. The lowest BCUT2D eigenvalue weighted by molar-refractivity contribution is 0.0410. The van der Waals surface area contributed by atoms with Gasteiger partial charge in [-0.05, 0) is 26.9 Å². The van der Waals surface area contributed by atoms with Gasteiger partial charge in [-0.3, -0.25) is 0 Å². The van der Waals surface area contributed by atoms with Crippen LogP contribution in [0.15, 0.2) is 0 Å². The molecule has 0 aliphatic carbocycles. The zero-order valence-electron chi connectivity index (χ0n) is 9.38. The quantitative estimate of drug-likeness (QED) is 0.638. The van der Waals surface area contributed by atoms with E-state index in [-0.39, 0.29) is 5.54 Å². The minimum Gasteiger partial charge on any atom is -0.381 e. The summed E-state index contributed by atoms with van der Waals surface area (Å²) in [7, 11) is 4.17. The van der Waals surface area contributed by atoms with Crippen LogP contribution in [-0.2, 0) is 4.74 Å². The number of ether oxygens (including phenoxy) is 1. The van der Waals surface area contributed by atoms with Gasteiger partial charge in [-0.25, -0.2) is 0 Å². The summed E-state index contributed by atoms with van der Waals surface area (Å²) in [6.45, 7) is 4.45. The summed E-state index contributed by atoms with van der Waals surface area (Å²) >= 11 is 0. The lowest BCUT2D eigenvalue weighted by atomic mass is 9.90. The van der Waals surface area contributed by atoms with Crippen LogP contribution in [0.5, 0.6) is 0 Å². The first-order valence-electron chi connectivity index (χ1n) is 5.36. The number of likely N-dealkylation sites (N-methyl/N-ethyl adjacent to an activating group) is 1. The molecule has 84 valence electrons. The van der Waals surface area contributed by atoms with Crippen molar-refractivity contribution in [2.24, 2.45) is 5.73 Å². The van der Waals surface area contributed by atoms with E-state index in [1.165, 1.54) is 0 Å². The number of hydrogen-bond donors (Lipinski definition) is 2. The van der Waals surface area contributed by atoms with Crippen molar-refractivity contribution in [1.29, 1.82) is 0 Å². The zero-order chi connectivity index (χ0) is 10.4. The van der Waals surface area contributed by atoms with E-state index in [0.29, 0.717) is 6.54 Å². The van der Waals surface area contributed by atoms with Crippen LogP contribution in [-0.4, -0.2) is 57.4 Å². The van der Waals surface area contributed by atoms with Gasteiger partial charge in [0.2, 0.25) is 0 Å². The third-order valence-corrected chi connectivity index (χ3v) is 2.90. The lowest BCUT2D eigenvalue weighted by Gasteiger charge is -2.37. The highest BCUT2D eigenvalue weighted by molar-refractivity contribution is 4.91. The smallest absolute Gasteiger partial charge is 0.0484 e. The third kappa shape index (κ3) is 3.53. The van der Waals surface area contributed by atoms with Crippen molar-refractivity contribution < 1.29 is 4.74 Å². The maximum absolute atomic E-state index is 5.82. The second kappa shape index (κ2) is 5.66. The van der Waals surface area contributed by atoms with Gasteiger partial charge in [0.25, 0.3) is 0 Å². The fourth-order valence-corrected chi connectivity index (χ4v) is 1.76. The number of nitrogens with zero attached hydrogens (tertiary/aromatic N) is 1. The summed E-state index contributed by atoms with van der Waals surface area (Å²) in [6.07, 6.45) is 2.08. The summed E-state index contributed by atoms with van der Waals surface area (Å²) in [5.74, 6) is 0. The maximum atomic E-state index is 5.82. The van der Waals surface area contributed by atoms with Gasteiger partial charge in [0.15, 0.2) is 0 Å². The van der Waals surface area contributed by atoms with E-state index in [2.05, 4.69) is 24.3 Å². The average Bonchev–Trinajstić information content (AvgIpc) is 2.19. The predicted molar refractivity (Wildman–Crippen MR) is 58.4 cm³/mol. The molecule has 4 heteroatoms. The van der Waals surface area contributed by atoms with Crippen LogP contribution in [0.2, 0.25) is 0 Å². The first kappa shape index (κ1) is 11.9. The molecule has 0 unspecified atom stereocenters. The Bertz CT molecular complexity index is 155. The van der Waals surface area contributed by atoms with Crippen molar-refractivity contribution in [3.8, 4) is 0 Å². The molecule has 1 heterocycles. The van der Waals surface area contributed by atoms with Gasteiger partial charge in [-0.2, -0.15) is 0 Å². The summed E-state index contributed by atoms with van der Waals surface area (Å²) in [6, 6.07) is 0. The third-order valence-electron chi connectivity index (χ3n) is 2.90. The Morgan fingerprint density at radius 1 is 1.36 bits per heavy atom. The SMILES string of the molecule is CN(C)CCNC1(CN)CCOCC1. The number of rotatable bonds is 5. The van der Waals surface area contributed by atoms with Crippen molar-refractivity contribution >= 4 is 0 Å². The van der Waals surface area contributed by atoms with Crippen molar-refractivity contribution in [2.45, 2.75) is 18.4 Å². The monoisotopic (exact) mass is 201 g/mol. The minimum atomic E-state index is 0.133. The van der Waals surface area contributed by atoms with Crippen molar-refractivity contribution in [3.05, 3.63) is 0 Å². The molecule has 1 aliphatic rings. The first-order valence-corrected chi connectivity index (χ1v) is 5.36. The van der Waals surface area contributed by atoms with Crippen molar-refractivity contribution in [1.82, 2.24) is 10.2 Å². The van der Waals surface area contributed by atoms with E-state index in [0.717, 1.165) is 39.1 Å². The molecule has 0 saturated carbocycles. The van der Waals surface area contributed by atoms with Gasteiger partial charge in [-0.1, -0.05) is 0 Å². The van der Waals surface area contributed by atoms with Crippen LogP contribution in [0.4, 0.5) is 0 Å². The molecular weight excluding hydrogens is 178 g/mol. The van der Waals surface area contributed by atoms with Crippen LogP contribution in [0, 0.1) is 0 Å². The summed E-state index contributed by atoms with van der Waals surface area (Å²) in [5, 5.41) is 3.57. The molecule has 0 amide bonds. The van der Waals surface area contributed by atoms with Gasteiger partial charge >= 0.3 is 0 Å². The van der Waals surface area contributed by atoms with Crippen molar-refractivity contribution in [3.63, 3.8) is 0 Å². The highest BCUT2D eigenvalue weighted by Crippen LogP contribution is 2.18. The Hall–Kier alpha value is -0.160. The van der Waals surface area contributed by atoms with Gasteiger partial charge in [0.1, 0.15) is 0 Å². The molecule has 0 aromatic rings. The molecule has 0 radical (unpaired) electrons. The Morgan fingerprint density at radius 2 is 2.00 bits per heavy atom. The summed E-state index contributed by atoms with van der Waals surface area (Å²) in [5.41, 5.74) is 5.96. The minimum absolute atomic E-state index is 0.133. The second-order valence-corrected chi connectivity index (χ2v) is 4.33. The topological polar surface area (TPSA) is 50.5 Å². The van der Waals surface area contributed by atoms with E-state index in [4.69, 9.17) is 10.5 Å². The Labute approximate surface area is 86.8 Å². The fourth-order valence-electron chi connectivity index (χ4n) is 1.76. The summed E-state index contributed by atoms with van der Waals surface area (Å²) < 4.78 is 5.35. The first-order chi connectivity index (χ1) is 6.68. The van der Waals surface area contributed by atoms with E-state index >= 15 is 0 Å². The van der Waals surface area contributed by atoms with E-state index < -0.39 is 0 Å². The highest BCUT2D eigenvalue weighted by Gasteiger charge is 2.30. The molecule has 1 rings (SSSR count). The maximum Gasteiger partial charge on any atom is 0.0484 e. The predicted octanol–water partition coefficient (Wildman–Crippen LogP) is -0.354. The fraction of sp³-hybridized carbons (Fsp3) is 1.00. The van der Waals surface area contributed by atoms with Gasteiger partial charge < -0.3 is 20.7 Å². The summed E-state index contributed by atoms with van der Waals surface area (Å²) in [4.78, 5) is 2.18. The van der Waals surface area contributed by atoms with Crippen LogP contribution < -0.4 is 11.1 Å². The molecule has 0 aromatic heterocycles. The Kier molecular flexibility index (Phi) is 4.81. The number of hydrogen-bond acceptors (Lipinski definition) is 4. The molecule has 0 atom stereocenters. The number of nitrogens with one attached hydrogen (secondary N) is 1. The molecule has 3 N–H and O–H groups in total. The normalized spacial score (nSPS) is 21.4. The van der Waals surface area contributed by atoms with E-state index in [1.54, 1.807) is 0 Å². The molecule has 4 nitrogen and oxygen atoms in total. The number of nitrogens with two attached hydrogens (primary N) is 1. The van der Waals surface area contributed by atoms with E-state index in [9.17, 15) is 0 Å². The van der Waals surface area contributed by atoms with E-state index in [1.807, 2.05) is 0 Å². The van der Waals surface area contributed by atoms with Gasteiger partial charge in [0, 0.05) is 38.4 Å². The highest BCUT2D eigenvalue weighted by atomic mass is 16.5. The molecule has 0 bridgehead atoms. The molecular formula is C10H23N3O. The largest absolute Gasteiger partial charge is 0.381 e. The van der Waals surface area contributed by atoms with Crippen molar-refractivity contribution in [2.75, 3.05) is 46.9 Å². The molecule has 1 saturated heterocycles.